The molecular weight excluding hydrogens is 674 g/mol. The van der Waals surface area contributed by atoms with E-state index in [0.717, 1.165) is 32.1 Å². The molecule has 0 radical (unpaired) electrons. The maximum absolute atomic E-state index is 14.7. The Labute approximate surface area is 301 Å². The monoisotopic (exact) mass is 721 g/mol. The molecule has 3 aliphatic heterocycles. The summed E-state index contributed by atoms with van der Waals surface area (Å²) in [6.45, 7) is 3.62. The van der Waals surface area contributed by atoms with Gasteiger partial charge in [0, 0.05) is 44.6 Å². The fraction of sp³-hybridized carbons (Fsp3) is 0.611. The van der Waals surface area contributed by atoms with Crippen molar-refractivity contribution in [3.8, 4) is 0 Å². The predicted molar refractivity (Wildman–Crippen MR) is 184 cm³/mol. The lowest BCUT2D eigenvalue weighted by atomic mass is 9.84. The van der Waals surface area contributed by atoms with Crippen LogP contribution in [0.3, 0.4) is 0 Å². The van der Waals surface area contributed by atoms with Gasteiger partial charge >= 0.3 is 0 Å². The third kappa shape index (κ3) is 7.70. The Balaban J connectivity index is 1.34. The fourth-order valence-corrected chi connectivity index (χ4v) is 7.68. The lowest BCUT2D eigenvalue weighted by Gasteiger charge is -2.37. The van der Waals surface area contributed by atoms with Gasteiger partial charge in [0.1, 0.15) is 28.5 Å². The lowest BCUT2D eigenvalue weighted by molar-refractivity contribution is -0.184. The SMILES string of the molecule is CC(C)(O)c1cnnn1[C@H]1C[C@@H](C(=O)NC2(C(=O)C(N)=O)CCOCC2)N(C(=O)/C(CC2CCCCC2)=N/C(=O)c2ccc(C3(O)COC3)cc2)C1. The lowest BCUT2D eigenvalue weighted by Crippen LogP contribution is -2.63. The topological polar surface area (TPSA) is 229 Å². The van der Waals surface area contributed by atoms with Crippen LogP contribution in [0.25, 0.3) is 0 Å². The number of nitrogens with zero attached hydrogens (tertiary/aromatic N) is 5. The van der Waals surface area contributed by atoms with E-state index < -0.39 is 58.2 Å². The molecule has 1 aromatic heterocycles. The van der Waals surface area contributed by atoms with Crippen LogP contribution in [0, 0.1) is 5.92 Å². The van der Waals surface area contributed by atoms with Crippen LogP contribution in [0.5, 0.6) is 0 Å². The normalized spacial score (nSPS) is 23.5. The van der Waals surface area contributed by atoms with Gasteiger partial charge in [-0.25, -0.2) is 9.67 Å². The van der Waals surface area contributed by atoms with Crippen molar-refractivity contribution in [1.82, 2.24) is 25.2 Å². The Morgan fingerprint density at radius 1 is 1.04 bits per heavy atom. The highest BCUT2D eigenvalue weighted by molar-refractivity contribution is 6.41. The van der Waals surface area contributed by atoms with E-state index in [9.17, 15) is 34.2 Å². The summed E-state index contributed by atoms with van der Waals surface area (Å²) in [5.41, 5.74) is 2.52. The van der Waals surface area contributed by atoms with Crippen LogP contribution >= 0.6 is 0 Å². The predicted octanol–water partition coefficient (Wildman–Crippen LogP) is 0.837. The van der Waals surface area contributed by atoms with E-state index in [2.05, 4.69) is 20.6 Å². The van der Waals surface area contributed by atoms with E-state index >= 15 is 0 Å². The van der Waals surface area contributed by atoms with Crippen molar-refractivity contribution in [2.45, 2.75) is 100 Å². The minimum atomic E-state index is -1.61. The molecule has 4 aliphatic rings. The number of nitrogens with two attached hydrogens (primary N) is 1. The molecule has 16 heteroatoms. The second-order valence-electron chi connectivity index (χ2n) is 15.0. The molecule has 0 bridgehead atoms. The Morgan fingerprint density at radius 3 is 2.31 bits per heavy atom. The van der Waals surface area contributed by atoms with Crippen molar-refractivity contribution in [3.05, 3.63) is 47.3 Å². The molecule has 2 aromatic rings. The van der Waals surface area contributed by atoms with Crippen molar-refractivity contribution >= 4 is 35.1 Å². The quantitative estimate of drug-likeness (QED) is 0.188. The number of hydrogen-bond donors (Lipinski definition) is 4. The van der Waals surface area contributed by atoms with Crippen molar-refractivity contribution < 1.29 is 43.7 Å². The second-order valence-corrected chi connectivity index (χ2v) is 15.0. The van der Waals surface area contributed by atoms with Crippen LogP contribution in [0.4, 0.5) is 0 Å². The van der Waals surface area contributed by atoms with Gasteiger partial charge in [-0.05, 0) is 43.9 Å². The molecule has 6 rings (SSSR count). The van der Waals surface area contributed by atoms with E-state index in [1.165, 1.54) is 15.8 Å². The minimum absolute atomic E-state index is 0.000687. The van der Waals surface area contributed by atoms with E-state index in [-0.39, 0.29) is 75.8 Å². The van der Waals surface area contributed by atoms with Gasteiger partial charge in [0.25, 0.3) is 17.7 Å². The number of aliphatic hydroxyl groups is 2. The molecule has 0 spiro atoms. The summed E-state index contributed by atoms with van der Waals surface area (Å²) >= 11 is 0. The number of carbonyl (C=O) groups excluding carboxylic acids is 5. The summed E-state index contributed by atoms with van der Waals surface area (Å²) in [5.74, 6) is -4.00. The standard InChI is InChI=1S/C36H47N7O9/c1-34(2,49)28-18-38-41-43(28)25-17-27(32(47)40-35(29(44)30(37)45)12-14-51-15-13-35)42(19-25)33(48)26(16-22-6-4-3-5-7-22)39-31(46)23-8-10-24(11-9-23)36(50)20-52-21-36/h8-11,18,22,25,27,49-50H,3-7,12-17,19-21H2,1-2H3,(H2,37,45)(H,40,47)/b39-26+/t25-,27-/m0/s1. The third-order valence-electron chi connectivity index (χ3n) is 10.8. The molecule has 16 nitrogen and oxygen atoms in total. The van der Waals surface area contributed by atoms with Gasteiger partial charge < -0.3 is 35.6 Å². The minimum Gasteiger partial charge on any atom is -0.384 e. The molecule has 4 heterocycles. The summed E-state index contributed by atoms with van der Waals surface area (Å²) < 4.78 is 12.0. The number of aromatic nitrogens is 3. The number of carbonyl (C=O) groups is 5. The van der Waals surface area contributed by atoms with Crippen LogP contribution in [0.15, 0.2) is 35.5 Å². The molecule has 52 heavy (non-hydrogen) atoms. The molecule has 280 valence electrons. The van der Waals surface area contributed by atoms with Crippen molar-refractivity contribution in [2.24, 2.45) is 16.6 Å². The summed E-state index contributed by atoms with van der Waals surface area (Å²) in [6, 6.07) is 4.58. The smallest absolute Gasteiger partial charge is 0.287 e. The largest absolute Gasteiger partial charge is 0.384 e. The number of ketones is 1. The number of likely N-dealkylation sites (tertiary alicyclic amines) is 1. The summed E-state index contributed by atoms with van der Waals surface area (Å²) in [6.07, 6.45) is 6.45. The molecule has 1 saturated carbocycles. The fourth-order valence-electron chi connectivity index (χ4n) is 7.68. The molecule has 1 aliphatic carbocycles. The first-order valence-corrected chi connectivity index (χ1v) is 17.9. The number of rotatable bonds is 11. The highest BCUT2D eigenvalue weighted by atomic mass is 16.5. The average molecular weight is 722 g/mol. The zero-order valence-corrected chi connectivity index (χ0v) is 29.6. The highest BCUT2D eigenvalue weighted by Gasteiger charge is 2.49. The number of nitrogens with one attached hydrogen (secondary N) is 1. The molecule has 4 amide bonds. The molecule has 2 atom stereocenters. The maximum Gasteiger partial charge on any atom is 0.287 e. The van der Waals surface area contributed by atoms with E-state index in [1.54, 1.807) is 38.1 Å². The van der Waals surface area contributed by atoms with Gasteiger partial charge in [0.15, 0.2) is 0 Å². The maximum atomic E-state index is 14.7. The van der Waals surface area contributed by atoms with Crippen LogP contribution in [0.1, 0.15) is 99.3 Å². The van der Waals surface area contributed by atoms with Gasteiger partial charge in [0.05, 0.1) is 31.1 Å². The molecule has 0 unspecified atom stereocenters. The van der Waals surface area contributed by atoms with Crippen LogP contribution in [-0.4, -0.2) is 110 Å². The van der Waals surface area contributed by atoms with Crippen LogP contribution < -0.4 is 11.1 Å². The summed E-state index contributed by atoms with van der Waals surface area (Å²) in [4.78, 5) is 73.6. The number of primary amides is 1. The van der Waals surface area contributed by atoms with Crippen molar-refractivity contribution in [3.63, 3.8) is 0 Å². The van der Waals surface area contributed by atoms with Gasteiger partial charge in [-0.3, -0.25) is 24.0 Å². The average Bonchev–Trinajstić information content (AvgIpc) is 3.79. The zero-order chi connectivity index (χ0) is 37.3. The number of Topliss-reactive ketones (excluding diaryl/α,β-unsaturated/α-hetero) is 1. The summed E-state index contributed by atoms with van der Waals surface area (Å²) in [7, 11) is 0. The first-order valence-electron chi connectivity index (χ1n) is 17.9. The zero-order valence-electron chi connectivity index (χ0n) is 29.6. The molecule has 5 N–H and O–H groups in total. The van der Waals surface area contributed by atoms with Gasteiger partial charge in [-0.2, -0.15) is 0 Å². The van der Waals surface area contributed by atoms with Gasteiger partial charge in [0.2, 0.25) is 11.7 Å². The number of aliphatic imine (C=N–C) groups is 1. The molecular formula is C36H47N7O9. The first kappa shape index (κ1) is 37.4. The van der Waals surface area contributed by atoms with Crippen LogP contribution in [0.2, 0.25) is 0 Å². The number of amides is 4. The Kier molecular flexibility index (Phi) is 10.7. The van der Waals surface area contributed by atoms with E-state index in [0.29, 0.717) is 11.3 Å². The van der Waals surface area contributed by atoms with E-state index in [1.807, 2.05) is 0 Å². The number of ether oxygens (including phenoxy) is 2. The number of benzene rings is 1. The van der Waals surface area contributed by atoms with Crippen molar-refractivity contribution in [1.29, 1.82) is 0 Å². The summed E-state index contributed by atoms with van der Waals surface area (Å²) in [5, 5.41) is 32.4. The Morgan fingerprint density at radius 2 is 1.71 bits per heavy atom. The van der Waals surface area contributed by atoms with Crippen LogP contribution in [-0.2, 0) is 39.9 Å². The molecule has 1 aromatic carbocycles. The highest BCUT2D eigenvalue weighted by Crippen LogP contribution is 2.34. The first-order chi connectivity index (χ1) is 24.7. The second kappa shape index (κ2) is 14.9. The molecule has 3 saturated heterocycles. The van der Waals surface area contributed by atoms with Gasteiger partial charge in [-0.1, -0.05) is 49.5 Å². The van der Waals surface area contributed by atoms with Gasteiger partial charge in [-0.15, -0.1) is 5.10 Å². The molecule has 4 fully saturated rings. The Hall–Kier alpha value is -4.38. The van der Waals surface area contributed by atoms with Crippen molar-refractivity contribution in [2.75, 3.05) is 33.0 Å². The number of hydrogen-bond acceptors (Lipinski definition) is 11. The third-order valence-corrected chi connectivity index (χ3v) is 10.8. The Bertz CT molecular complexity index is 1720. The van der Waals surface area contributed by atoms with E-state index in [4.69, 9.17) is 15.2 Å².